The van der Waals surface area contributed by atoms with Crippen molar-refractivity contribution in [2.24, 2.45) is 0 Å². The summed E-state index contributed by atoms with van der Waals surface area (Å²) in [6.45, 7) is 1.57. The fraction of sp³-hybridized carbons (Fsp3) is 0.269. The van der Waals surface area contributed by atoms with Gasteiger partial charge in [-0.1, -0.05) is 35.9 Å². The number of fused-ring (bicyclic) bond motifs is 1. The SMILES string of the molecule is COc1ncc(C)cc1OCC(=O)N1CCc2ccccc2C1c1cc(Cl)ccc1OCC(=O)O. The van der Waals surface area contributed by atoms with Crippen LogP contribution >= 0.6 is 11.6 Å². The fourth-order valence-corrected chi connectivity index (χ4v) is 4.36. The van der Waals surface area contributed by atoms with E-state index in [0.29, 0.717) is 40.9 Å². The van der Waals surface area contributed by atoms with Gasteiger partial charge >= 0.3 is 5.97 Å². The van der Waals surface area contributed by atoms with Gasteiger partial charge in [0.25, 0.3) is 11.8 Å². The maximum atomic E-state index is 13.5. The summed E-state index contributed by atoms with van der Waals surface area (Å²) in [5, 5.41) is 9.57. The van der Waals surface area contributed by atoms with E-state index in [2.05, 4.69) is 4.98 Å². The predicted octanol–water partition coefficient (Wildman–Crippen LogP) is 4.07. The lowest BCUT2D eigenvalue weighted by atomic mass is 9.87. The number of aryl methyl sites for hydroxylation is 1. The topological polar surface area (TPSA) is 98.2 Å². The third-order valence-electron chi connectivity index (χ3n) is 5.72. The first kappa shape index (κ1) is 24.3. The first-order valence-electron chi connectivity index (χ1n) is 11.0. The third kappa shape index (κ3) is 5.49. The first-order chi connectivity index (χ1) is 16.9. The van der Waals surface area contributed by atoms with Crippen molar-refractivity contribution in [2.75, 3.05) is 26.9 Å². The Kier molecular flexibility index (Phi) is 7.41. The normalized spacial score (nSPS) is 14.7. The molecule has 0 fully saturated rings. The summed E-state index contributed by atoms with van der Waals surface area (Å²) in [7, 11) is 1.49. The van der Waals surface area contributed by atoms with Gasteiger partial charge in [0, 0.05) is 23.3 Å². The molecule has 1 aromatic heterocycles. The molecule has 0 saturated carbocycles. The molecule has 1 unspecified atom stereocenters. The van der Waals surface area contributed by atoms with Gasteiger partial charge in [-0.2, -0.15) is 0 Å². The van der Waals surface area contributed by atoms with Crippen LogP contribution in [0.25, 0.3) is 0 Å². The van der Waals surface area contributed by atoms with E-state index in [1.165, 1.54) is 7.11 Å². The van der Waals surface area contributed by atoms with Crippen LogP contribution in [0, 0.1) is 6.92 Å². The number of carbonyl (C=O) groups is 2. The highest BCUT2D eigenvalue weighted by atomic mass is 35.5. The smallest absolute Gasteiger partial charge is 0.341 e. The van der Waals surface area contributed by atoms with Crippen molar-refractivity contribution in [3.05, 3.63) is 82.0 Å². The van der Waals surface area contributed by atoms with E-state index in [-0.39, 0.29) is 12.5 Å². The fourth-order valence-electron chi connectivity index (χ4n) is 4.18. The van der Waals surface area contributed by atoms with Crippen LogP contribution < -0.4 is 14.2 Å². The summed E-state index contributed by atoms with van der Waals surface area (Å²) in [6.07, 6.45) is 2.32. The Bertz CT molecular complexity index is 1250. The number of aliphatic carboxylic acids is 1. The van der Waals surface area contributed by atoms with Crippen molar-refractivity contribution in [2.45, 2.75) is 19.4 Å². The molecule has 4 rings (SSSR count). The van der Waals surface area contributed by atoms with E-state index in [0.717, 1.165) is 16.7 Å². The molecule has 9 heteroatoms. The number of amides is 1. The Balaban J connectivity index is 1.68. The van der Waals surface area contributed by atoms with Gasteiger partial charge < -0.3 is 24.2 Å². The Morgan fingerprint density at radius 3 is 2.63 bits per heavy atom. The average Bonchev–Trinajstić information content (AvgIpc) is 2.85. The lowest BCUT2D eigenvalue weighted by molar-refractivity contribution is -0.139. The van der Waals surface area contributed by atoms with Crippen molar-refractivity contribution >= 4 is 23.5 Å². The highest BCUT2D eigenvalue weighted by Gasteiger charge is 2.34. The number of hydrogen-bond donors (Lipinski definition) is 1. The first-order valence-corrected chi connectivity index (χ1v) is 11.4. The summed E-state index contributed by atoms with van der Waals surface area (Å²) in [6, 6.07) is 14.0. The molecule has 182 valence electrons. The quantitative estimate of drug-likeness (QED) is 0.502. The summed E-state index contributed by atoms with van der Waals surface area (Å²) in [5.74, 6) is -0.331. The number of carbonyl (C=O) groups excluding carboxylic acids is 1. The highest BCUT2D eigenvalue weighted by Crippen LogP contribution is 2.40. The molecule has 1 atom stereocenters. The van der Waals surface area contributed by atoms with Crippen molar-refractivity contribution < 1.29 is 28.9 Å². The molecule has 0 bridgehead atoms. The molecule has 0 aliphatic carbocycles. The summed E-state index contributed by atoms with van der Waals surface area (Å²) < 4.78 is 16.6. The maximum absolute atomic E-state index is 13.5. The molecule has 1 amide bonds. The molecule has 1 aliphatic heterocycles. The molecule has 1 aliphatic rings. The van der Waals surface area contributed by atoms with Crippen LogP contribution in [0.15, 0.2) is 54.7 Å². The van der Waals surface area contributed by atoms with Crippen LogP contribution in [0.4, 0.5) is 0 Å². The van der Waals surface area contributed by atoms with Gasteiger partial charge in [0.2, 0.25) is 0 Å². The van der Waals surface area contributed by atoms with Crippen LogP contribution in [0.5, 0.6) is 17.4 Å². The lowest BCUT2D eigenvalue weighted by Gasteiger charge is -2.38. The molecular weight excluding hydrogens is 472 g/mol. The number of ether oxygens (including phenoxy) is 3. The second-order valence-electron chi connectivity index (χ2n) is 8.11. The largest absolute Gasteiger partial charge is 0.482 e. The van der Waals surface area contributed by atoms with Gasteiger partial charge in [-0.15, -0.1) is 0 Å². The molecule has 1 N–H and O–H groups in total. The van der Waals surface area contributed by atoms with Gasteiger partial charge in [0.1, 0.15) is 5.75 Å². The predicted molar refractivity (Wildman–Crippen MR) is 129 cm³/mol. The van der Waals surface area contributed by atoms with Gasteiger partial charge in [0.05, 0.1) is 13.2 Å². The van der Waals surface area contributed by atoms with Crippen LogP contribution in [0.2, 0.25) is 5.02 Å². The number of halogens is 1. The lowest BCUT2D eigenvalue weighted by Crippen LogP contribution is -2.43. The van der Waals surface area contributed by atoms with Gasteiger partial charge in [-0.25, -0.2) is 9.78 Å². The molecule has 0 saturated heterocycles. The number of benzene rings is 2. The van der Waals surface area contributed by atoms with Gasteiger partial charge in [-0.05, 0) is 54.3 Å². The van der Waals surface area contributed by atoms with Crippen molar-refractivity contribution in [3.63, 3.8) is 0 Å². The third-order valence-corrected chi connectivity index (χ3v) is 5.96. The number of carboxylic acid groups (broad SMARTS) is 1. The molecule has 2 aromatic carbocycles. The minimum Gasteiger partial charge on any atom is -0.482 e. The number of pyridine rings is 1. The number of aromatic nitrogens is 1. The molecule has 8 nitrogen and oxygen atoms in total. The van der Waals surface area contributed by atoms with E-state index in [1.54, 1.807) is 35.4 Å². The van der Waals surface area contributed by atoms with Crippen LogP contribution in [0.1, 0.15) is 28.3 Å². The minimum atomic E-state index is -1.10. The van der Waals surface area contributed by atoms with Crippen LogP contribution in [-0.4, -0.2) is 53.7 Å². The van der Waals surface area contributed by atoms with Gasteiger partial charge in [-0.3, -0.25) is 4.79 Å². The van der Waals surface area contributed by atoms with E-state index >= 15 is 0 Å². The number of carboxylic acids is 1. The molecule has 0 radical (unpaired) electrons. The number of rotatable bonds is 8. The van der Waals surface area contributed by atoms with E-state index in [9.17, 15) is 9.59 Å². The summed E-state index contributed by atoms with van der Waals surface area (Å²) in [5.41, 5.74) is 3.49. The molecule has 2 heterocycles. The second-order valence-corrected chi connectivity index (χ2v) is 8.55. The number of methoxy groups -OCH3 is 1. The van der Waals surface area contributed by atoms with Crippen molar-refractivity contribution in [1.29, 1.82) is 0 Å². The number of nitrogens with zero attached hydrogens (tertiary/aromatic N) is 2. The Labute approximate surface area is 208 Å². The molecule has 3 aromatic rings. The standard InChI is InChI=1S/C26H25ClN2O6/c1-16-11-22(26(33-2)28-13-16)34-14-23(30)29-10-9-17-5-3-4-6-19(17)25(29)20-12-18(27)7-8-21(20)35-15-24(31)32/h3-8,11-13,25H,9-10,14-15H2,1-2H3,(H,31,32). The average molecular weight is 497 g/mol. The van der Waals surface area contributed by atoms with Crippen molar-refractivity contribution in [1.82, 2.24) is 9.88 Å². The monoisotopic (exact) mass is 496 g/mol. The van der Waals surface area contributed by atoms with E-state index < -0.39 is 18.6 Å². The summed E-state index contributed by atoms with van der Waals surface area (Å²) in [4.78, 5) is 30.5. The van der Waals surface area contributed by atoms with E-state index in [1.807, 2.05) is 31.2 Å². The van der Waals surface area contributed by atoms with E-state index in [4.69, 9.17) is 30.9 Å². The second kappa shape index (κ2) is 10.7. The molecule has 35 heavy (non-hydrogen) atoms. The minimum absolute atomic E-state index is 0.230. The Morgan fingerprint density at radius 2 is 1.86 bits per heavy atom. The van der Waals surface area contributed by atoms with Crippen molar-refractivity contribution in [3.8, 4) is 17.4 Å². The Hall–Kier alpha value is -3.78. The van der Waals surface area contributed by atoms with Crippen LogP contribution in [0.3, 0.4) is 0 Å². The zero-order valence-electron chi connectivity index (χ0n) is 19.4. The highest BCUT2D eigenvalue weighted by molar-refractivity contribution is 6.30. The van der Waals surface area contributed by atoms with Crippen LogP contribution in [-0.2, 0) is 16.0 Å². The zero-order chi connectivity index (χ0) is 24.9. The summed E-state index contributed by atoms with van der Waals surface area (Å²) >= 11 is 6.32. The molecular formula is C26H25ClN2O6. The zero-order valence-corrected chi connectivity index (χ0v) is 20.1. The Morgan fingerprint density at radius 1 is 1.09 bits per heavy atom. The number of hydrogen-bond acceptors (Lipinski definition) is 6. The van der Waals surface area contributed by atoms with Gasteiger partial charge in [0.15, 0.2) is 19.0 Å². The maximum Gasteiger partial charge on any atom is 0.341 e. The molecule has 0 spiro atoms.